The molecule has 0 saturated heterocycles. The van der Waals surface area contributed by atoms with Crippen molar-refractivity contribution in [1.29, 1.82) is 0 Å². The number of benzene rings is 1. The van der Waals surface area contributed by atoms with Crippen LogP contribution in [0, 0.1) is 0 Å². The molecule has 2 aliphatic rings. The monoisotopic (exact) mass is 318 g/mol. The highest BCUT2D eigenvalue weighted by Gasteiger charge is 2.26. The van der Waals surface area contributed by atoms with Crippen LogP contribution in [0.5, 0.6) is 0 Å². The highest BCUT2D eigenvalue weighted by molar-refractivity contribution is 7.90. The lowest BCUT2D eigenvalue weighted by Gasteiger charge is -2.37. The molecule has 22 heavy (non-hydrogen) atoms. The number of pyridine rings is 1. The van der Waals surface area contributed by atoms with E-state index < -0.39 is 15.4 Å². The summed E-state index contributed by atoms with van der Waals surface area (Å²) in [6.07, 6.45) is 5.22. The molecule has 0 unspecified atom stereocenters. The maximum Gasteiger partial charge on any atom is 0.267 e. The number of nitrogens with one attached hydrogen (secondary N) is 1. The van der Waals surface area contributed by atoms with E-state index in [0.29, 0.717) is 0 Å². The number of aromatic nitrogens is 1. The van der Waals surface area contributed by atoms with Gasteiger partial charge in [-0.3, -0.25) is 4.79 Å². The minimum Gasteiger partial charge on any atom is -0.371 e. The van der Waals surface area contributed by atoms with Gasteiger partial charge < -0.3 is 9.88 Å². The Morgan fingerprint density at radius 3 is 2.59 bits per heavy atom. The Balaban J connectivity index is 2.09. The van der Waals surface area contributed by atoms with Crippen LogP contribution >= 0.6 is 0 Å². The van der Waals surface area contributed by atoms with Gasteiger partial charge in [0, 0.05) is 30.4 Å². The SMILES string of the molecule is CS(=O)(=O)c1cc2cc3c4c(c2[nH]c1=O)CCCN4CCC3. The number of aryl methyl sites for hydroxylation is 2. The van der Waals surface area contributed by atoms with Gasteiger partial charge in [-0.15, -0.1) is 0 Å². The van der Waals surface area contributed by atoms with E-state index in [1.807, 2.05) is 0 Å². The predicted molar refractivity (Wildman–Crippen MR) is 86.5 cm³/mol. The number of anilines is 1. The van der Waals surface area contributed by atoms with E-state index in [1.165, 1.54) is 22.9 Å². The van der Waals surface area contributed by atoms with E-state index in [4.69, 9.17) is 0 Å². The topological polar surface area (TPSA) is 70.2 Å². The van der Waals surface area contributed by atoms with E-state index in [9.17, 15) is 13.2 Å². The quantitative estimate of drug-likeness (QED) is 0.867. The van der Waals surface area contributed by atoms with Crippen molar-refractivity contribution in [1.82, 2.24) is 4.98 Å². The zero-order valence-corrected chi connectivity index (χ0v) is 13.3. The summed E-state index contributed by atoms with van der Waals surface area (Å²) in [6.45, 7) is 2.13. The minimum atomic E-state index is -3.52. The maximum atomic E-state index is 12.2. The van der Waals surface area contributed by atoms with Gasteiger partial charge in [-0.25, -0.2) is 8.42 Å². The highest BCUT2D eigenvalue weighted by atomic mass is 32.2. The second-order valence-corrected chi connectivity index (χ2v) is 8.24. The molecule has 6 heteroatoms. The smallest absolute Gasteiger partial charge is 0.267 e. The van der Waals surface area contributed by atoms with Crippen molar-refractivity contribution in [2.75, 3.05) is 24.2 Å². The van der Waals surface area contributed by atoms with Gasteiger partial charge >= 0.3 is 0 Å². The number of hydrogen-bond acceptors (Lipinski definition) is 4. The zero-order valence-electron chi connectivity index (χ0n) is 12.5. The normalized spacial score (nSPS) is 17.6. The van der Waals surface area contributed by atoms with E-state index in [-0.39, 0.29) is 4.90 Å². The summed E-state index contributed by atoms with van der Waals surface area (Å²) in [5.74, 6) is 0. The van der Waals surface area contributed by atoms with Crippen LogP contribution in [-0.4, -0.2) is 32.7 Å². The van der Waals surface area contributed by atoms with Crippen molar-refractivity contribution in [3.05, 3.63) is 33.6 Å². The Bertz CT molecular complexity index is 942. The molecule has 1 aromatic heterocycles. The molecule has 0 atom stereocenters. The number of fused-ring (bicyclic) bond motifs is 2. The summed E-state index contributed by atoms with van der Waals surface area (Å²) in [6, 6.07) is 3.59. The first-order chi connectivity index (χ1) is 10.4. The van der Waals surface area contributed by atoms with Crippen LogP contribution in [0.25, 0.3) is 10.9 Å². The summed E-state index contributed by atoms with van der Waals surface area (Å²) >= 11 is 0. The zero-order chi connectivity index (χ0) is 15.5. The largest absolute Gasteiger partial charge is 0.371 e. The summed E-state index contributed by atoms with van der Waals surface area (Å²) in [4.78, 5) is 17.3. The van der Waals surface area contributed by atoms with Crippen LogP contribution in [0.4, 0.5) is 5.69 Å². The summed E-state index contributed by atoms with van der Waals surface area (Å²) in [5, 5.41) is 0.831. The Labute approximate surface area is 128 Å². The number of sulfone groups is 1. The van der Waals surface area contributed by atoms with E-state index >= 15 is 0 Å². The van der Waals surface area contributed by atoms with Gasteiger partial charge in [-0.2, -0.15) is 0 Å². The molecule has 116 valence electrons. The van der Waals surface area contributed by atoms with Gasteiger partial charge in [0.1, 0.15) is 4.90 Å². The van der Waals surface area contributed by atoms with Crippen molar-refractivity contribution in [3.63, 3.8) is 0 Å². The molecule has 2 aliphatic heterocycles. The first-order valence-electron chi connectivity index (χ1n) is 7.62. The van der Waals surface area contributed by atoms with Gasteiger partial charge in [0.15, 0.2) is 9.84 Å². The summed E-state index contributed by atoms with van der Waals surface area (Å²) < 4.78 is 23.6. The molecule has 3 heterocycles. The molecular formula is C16H18N2O3S. The van der Waals surface area contributed by atoms with Crippen LogP contribution in [0.3, 0.4) is 0 Å². The lowest BCUT2D eigenvalue weighted by Crippen LogP contribution is -2.34. The number of nitrogens with zero attached hydrogens (tertiary/aromatic N) is 1. The fourth-order valence-corrected chi connectivity index (χ4v) is 4.53. The number of rotatable bonds is 1. The third-order valence-electron chi connectivity index (χ3n) is 4.70. The fourth-order valence-electron chi connectivity index (χ4n) is 3.80. The molecule has 0 saturated carbocycles. The average Bonchev–Trinajstić information content (AvgIpc) is 2.47. The number of H-pyrrole nitrogens is 1. The average molecular weight is 318 g/mol. The van der Waals surface area contributed by atoms with Gasteiger partial charge in [0.2, 0.25) is 0 Å². The minimum absolute atomic E-state index is 0.143. The standard InChI is InChI=1S/C16H18N2O3S/c1-22(20,21)13-9-11-8-10-4-2-6-18-7-3-5-12(15(10)18)14(11)17-16(13)19/h8-9H,2-7H2,1H3,(H,17,19). The van der Waals surface area contributed by atoms with Gasteiger partial charge in [0.25, 0.3) is 5.56 Å². The van der Waals surface area contributed by atoms with Crippen LogP contribution in [0.15, 0.2) is 21.8 Å². The molecule has 0 radical (unpaired) electrons. The van der Waals surface area contributed by atoms with E-state index in [1.54, 1.807) is 0 Å². The highest BCUT2D eigenvalue weighted by Crippen LogP contribution is 2.39. The molecule has 0 bridgehead atoms. The second kappa shape index (κ2) is 4.59. The Morgan fingerprint density at radius 1 is 1.14 bits per heavy atom. The fraction of sp³-hybridized carbons (Fsp3) is 0.438. The van der Waals surface area contributed by atoms with E-state index in [0.717, 1.165) is 55.9 Å². The summed E-state index contributed by atoms with van der Waals surface area (Å²) in [5.41, 5.74) is 4.02. The lowest BCUT2D eigenvalue weighted by atomic mass is 9.90. The molecule has 5 nitrogen and oxygen atoms in total. The van der Waals surface area contributed by atoms with Crippen molar-refractivity contribution in [2.24, 2.45) is 0 Å². The molecule has 2 aromatic rings. The third kappa shape index (κ3) is 1.97. The molecule has 0 spiro atoms. The molecule has 1 aromatic carbocycles. The Hall–Kier alpha value is -1.82. The lowest BCUT2D eigenvalue weighted by molar-refractivity contribution is 0.600. The molecule has 0 amide bonds. The predicted octanol–water partition coefficient (Wildman–Crippen LogP) is 1.63. The first kappa shape index (κ1) is 13.8. The van der Waals surface area contributed by atoms with Crippen molar-refractivity contribution >= 4 is 26.4 Å². The van der Waals surface area contributed by atoms with Gasteiger partial charge in [0.05, 0.1) is 5.52 Å². The van der Waals surface area contributed by atoms with Crippen LogP contribution < -0.4 is 10.5 Å². The van der Waals surface area contributed by atoms with Gasteiger partial charge in [-0.05, 0) is 48.9 Å². The molecule has 4 rings (SSSR count). The molecule has 1 N–H and O–H groups in total. The van der Waals surface area contributed by atoms with Gasteiger partial charge in [-0.1, -0.05) is 0 Å². The number of aromatic amines is 1. The third-order valence-corrected chi connectivity index (χ3v) is 5.81. The number of hydrogen-bond donors (Lipinski definition) is 1. The Kier molecular flexibility index (Phi) is 2.88. The Morgan fingerprint density at radius 2 is 1.86 bits per heavy atom. The van der Waals surface area contributed by atoms with Crippen molar-refractivity contribution in [2.45, 2.75) is 30.6 Å². The van der Waals surface area contributed by atoms with Crippen molar-refractivity contribution in [3.8, 4) is 0 Å². The molecular weight excluding hydrogens is 300 g/mol. The first-order valence-corrected chi connectivity index (χ1v) is 9.51. The van der Waals surface area contributed by atoms with Crippen molar-refractivity contribution < 1.29 is 8.42 Å². The van der Waals surface area contributed by atoms with Crippen LogP contribution in [0.2, 0.25) is 0 Å². The summed E-state index contributed by atoms with van der Waals surface area (Å²) in [7, 11) is -3.52. The molecule has 0 fully saturated rings. The van der Waals surface area contributed by atoms with E-state index in [2.05, 4.69) is 16.0 Å². The second-order valence-electron chi connectivity index (χ2n) is 6.26. The van der Waals surface area contributed by atoms with Crippen LogP contribution in [0.1, 0.15) is 24.0 Å². The maximum absolute atomic E-state index is 12.2. The molecule has 0 aliphatic carbocycles. The van der Waals surface area contributed by atoms with Crippen LogP contribution in [-0.2, 0) is 22.7 Å².